The van der Waals surface area contributed by atoms with Gasteiger partial charge in [-0.05, 0) is 31.9 Å². The van der Waals surface area contributed by atoms with E-state index in [1.165, 1.54) is 18.2 Å². The van der Waals surface area contributed by atoms with Crippen LogP contribution in [-0.4, -0.2) is 35.1 Å². The van der Waals surface area contributed by atoms with Crippen molar-refractivity contribution in [2.24, 2.45) is 5.73 Å². The summed E-state index contributed by atoms with van der Waals surface area (Å²) in [5.74, 6) is 1.31. The monoisotopic (exact) mass is 440 g/mol. The van der Waals surface area contributed by atoms with Crippen molar-refractivity contribution in [1.29, 1.82) is 0 Å². The molecule has 1 aromatic heterocycles. The Bertz CT molecular complexity index is 835. The third kappa shape index (κ3) is 11.4. The molecule has 0 saturated heterocycles. The zero-order valence-corrected chi connectivity index (χ0v) is 20.7. The van der Waals surface area contributed by atoms with E-state index in [0.717, 1.165) is 6.42 Å². The summed E-state index contributed by atoms with van der Waals surface area (Å²) in [7, 11) is 3.26. The number of carbonyl (C=O) groups excluding carboxylic acids is 1. The molecule has 2 N–H and O–H groups in total. The van der Waals surface area contributed by atoms with Gasteiger partial charge < -0.3 is 15.1 Å². The molecule has 1 amide bonds. The molecule has 32 heavy (non-hydrogen) atoms. The lowest BCUT2D eigenvalue weighted by Crippen LogP contribution is -2.27. The van der Waals surface area contributed by atoms with Gasteiger partial charge in [0.2, 0.25) is 17.7 Å². The second-order valence-corrected chi connectivity index (χ2v) is 6.84. The molecule has 0 saturated carbocycles. The van der Waals surface area contributed by atoms with E-state index in [1.54, 1.807) is 18.9 Å². The largest absolute Gasteiger partial charge is 0.424 e. The van der Waals surface area contributed by atoms with E-state index in [2.05, 4.69) is 54.0 Å². The molecule has 176 valence electrons. The van der Waals surface area contributed by atoms with Gasteiger partial charge in [-0.25, -0.2) is 0 Å². The second kappa shape index (κ2) is 17.7. The van der Waals surface area contributed by atoms with Crippen molar-refractivity contribution in [2.45, 2.75) is 59.9 Å². The van der Waals surface area contributed by atoms with Crippen LogP contribution in [0.5, 0.6) is 0 Å². The highest BCUT2D eigenvalue weighted by molar-refractivity contribution is 5.76. The van der Waals surface area contributed by atoms with Crippen LogP contribution in [0.2, 0.25) is 0 Å². The zero-order valence-electron chi connectivity index (χ0n) is 20.7. The number of nitrogens with two attached hydrogens (primary N) is 1. The maximum Gasteiger partial charge on any atom is 0.235 e. The maximum absolute atomic E-state index is 12.3. The lowest BCUT2D eigenvalue weighted by molar-refractivity contribution is -0.131. The van der Waals surface area contributed by atoms with Gasteiger partial charge in [0.25, 0.3) is 0 Å². The van der Waals surface area contributed by atoms with E-state index in [9.17, 15) is 4.79 Å². The Morgan fingerprint density at radius 2 is 1.50 bits per heavy atom. The Hall–Kier alpha value is -2.99. The van der Waals surface area contributed by atoms with Crippen molar-refractivity contribution < 1.29 is 9.21 Å². The van der Waals surface area contributed by atoms with E-state index in [1.807, 2.05) is 50.2 Å². The van der Waals surface area contributed by atoms with Crippen molar-refractivity contribution in [3.63, 3.8) is 0 Å². The van der Waals surface area contributed by atoms with Crippen molar-refractivity contribution >= 4 is 5.91 Å². The van der Waals surface area contributed by atoms with Gasteiger partial charge >= 0.3 is 0 Å². The molecule has 0 bridgehead atoms. The van der Waals surface area contributed by atoms with Gasteiger partial charge in [-0.2, -0.15) is 0 Å². The number of rotatable bonds is 6. The van der Waals surface area contributed by atoms with Crippen molar-refractivity contribution in [3.8, 4) is 0 Å². The first-order chi connectivity index (χ1) is 15.5. The smallest absolute Gasteiger partial charge is 0.235 e. The molecular weight excluding hydrogens is 400 g/mol. The molecule has 0 spiro atoms. The standard InChI is InChI=1S/C16H21N3O2.C7H8.C2H6.CH5N/c1-4-13(14-8-6-5-7-9-14)10-16(20)19(3)11-15-18-17-12(2)21-15;1-7-5-3-2-4-6-7;2*1-2/h5-9,13H,4,10-11H2,1-3H3;2-6H,1H3;1-2H3;2H2,1H3. The molecule has 6 nitrogen and oxygen atoms in total. The minimum absolute atomic E-state index is 0.0848. The van der Waals surface area contributed by atoms with Crippen LogP contribution in [0.4, 0.5) is 0 Å². The number of benzene rings is 2. The molecule has 0 aliphatic rings. The molecule has 6 heteroatoms. The average molecular weight is 441 g/mol. The number of hydrogen-bond donors (Lipinski definition) is 1. The van der Waals surface area contributed by atoms with Crippen LogP contribution in [0, 0.1) is 13.8 Å². The fraction of sp³-hybridized carbons (Fsp3) is 0.423. The number of hydrogen-bond acceptors (Lipinski definition) is 5. The second-order valence-electron chi connectivity index (χ2n) is 6.84. The first-order valence-corrected chi connectivity index (χ1v) is 11.2. The SMILES string of the molecule is CC.CCC(CC(=O)N(C)Cc1nnc(C)o1)c1ccccc1.CN.Cc1ccccc1. The van der Waals surface area contributed by atoms with Crippen molar-refractivity contribution in [1.82, 2.24) is 15.1 Å². The molecule has 1 heterocycles. The molecule has 0 radical (unpaired) electrons. The highest BCUT2D eigenvalue weighted by Crippen LogP contribution is 2.23. The van der Waals surface area contributed by atoms with Gasteiger partial charge in [-0.3, -0.25) is 4.79 Å². The van der Waals surface area contributed by atoms with Gasteiger partial charge in [-0.1, -0.05) is 87.0 Å². The topological polar surface area (TPSA) is 85.2 Å². The van der Waals surface area contributed by atoms with Crippen LogP contribution < -0.4 is 5.73 Å². The van der Waals surface area contributed by atoms with Gasteiger partial charge in [0.1, 0.15) is 0 Å². The highest BCUT2D eigenvalue weighted by atomic mass is 16.4. The van der Waals surface area contributed by atoms with E-state index in [0.29, 0.717) is 24.7 Å². The quantitative estimate of drug-likeness (QED) is 0.546. The van der Waals surface area contributed by atoms with Crippen LogP contribution in [0.15, 0.2) is 65.1 Å². The van der Waals surface area contributed by atoms with E-state index < -0.39 is 0 Å². The first kappa shape index (κ1) is 29.0. The Labute approximate surface area is 193 Å². The molecule has 1 unspecified atom stereocenters. The number of amides is 1. The normalized spacial score (nSPS) is 10.2. The lowest BCUT2D eigenvalue weighted by Gasteiger charge is -2.20. The van der Waals surface area contributed by atoms with Crippen LogP contribution in [0.3, 0.4) is 0 Å². The number of aromatic nitrogens is 2. The molecule has 0 aliphatic carbocycles. The van der Waals surface area contributed by atoms with E-state index in [-0.39, 0.29) is 11.8 Å². The molecule has 0 fully saturated rings. The Balaban J connectivity index is 0.000000727. The summed E-state index contributed by atoms with van der Waals surface area (Å²) in [6.45, 7) is 10.3. The molecule has 3 aromatic rings. The Morgan fingerprint density at radius 3 is 1.91 bits per heavy atom. The number of carbonyl (C=O) groups is 1. The third-order valence-electron chi connectivity index (χ3n) is 4.49. The molecule has 1 atom stereocenters. The molecule has 2 aromatic carbocycles. The summed E-state index contributed by atoms with van der Waals surface area (Å²) in [6, 6.07) is 20.4. The summed E-state index contributed by atoms with van der Waals surface area (Å²) in [6.07, 6.45) is 1.42. The van der Waals surface area contributed by atoms with Gasteiger partial charge in [0.15, 0.2) is 0 Å². The van der Waals surface area contributed by atoms with Gasteiger partial charge in [0.05, 0.1) is 6.54 Å². The number of nitrogens with zero attached hydrogens (tertiary/aromatic N) is 3. The summed E-state index contributed by atoms with van der Waals surface area (Å²) >= 11 is 0. The van der Waals surface area contributed by atoms with E-state index in [4.69, 9.17) is 4.42 Å². The summed E-state index contributed by atoms with van der Waals surface area (Å²) in [5.41, 5.74) is 7.03. The predicted molar refractivity (Wildman–Crippen MR) is 132 cm³/mol. The average Bonchev–Trinajstić information content (AvgIpc) is 3.25. The molecule has 3 rings (SSSR count). The number of aryl methyl sites for hydroxylation is 2. The summed E-state index contributed by atoms with van der Waals surface area (Å²) < 4.78 is 5.30. The van der Waals surface area contributed by atoms with Crippen LogP contribution in [0.1, 0.15) is 62.4 Å². The van der Waals surface area contributed by atoms with Crippen LogP contribution in [0.25, 0.3) is 0 Å². The first-order valence-electron chi connectivity index (χ1n) is 11.2. The van der Waals surface area contributed by atoms with Gasteiger partial charge in [-0.15, -0.1) is 10.2 Å². The van der Waals surface area contributed by atoms with Crippen LogP contribution >= 0.6 is 0 Å². The molecule has 0 aliphatic heterocycles. The lowest BCUT2D eigenvalue weighted by atomic mass is 9.93. The zero-order chi connectivity index (χ0) is 24.4. The molecular formula is C26H40N4O2. The van der Waals surface area contributed by atoms with E-state index >= 15 is 0 Å². The predicted octanol–water partition coefficient (Wildman–Crippen LogP) is 5.52. The highest BCUT2D eigenvalue weighted by Gasteiger charge is 2.18. The third-order valence-corrected chi connectivity index (χ3v) is 4.49. The Kier molecular flexibility index (Phi) is 16.0. The van der Waals surface area contributed by atoms with Crippen molar-refractivity contribution in [2.75, 3.05) is 14.1 Å². The van der Waals surface area contributed by atoms with Gasteiger partial charge in [0, 0.05) is 20.4 Å². The van der Waals surface area contributed by atoms with Crippen LogP contribution in [-0.2, 0) is 11.3 Å². The summed E-state index contributed by atoms with van der Waals surface area (Å²) in [5, 5.41) is 7.68. The summed E-state index contributed by atoms with van der Waals surface area (Å²) in [4.78, 5) is 14.0. The fourth-order valence-electron chi connectivity index (χ4n) is 2.82. The minimum atomic E-state index is 0.0848. The Morgan fingerprint density at radius 1 is 0.969 bits per heavy atom. The van der Waals surface area contributed by atoms with Crippen molar-refractivity contribution in [3.05, 3.63) is 83.6 Å². The maximum atomic E-state index is 12.3. The minimum Gasteiger partial charge on any atom is -0.424 e. The fourth-order valence-corrected chi connectivity index (χ4v) is 2.82.